The Balaban J connectivity index is 2.65. The standard InChI is InChI=1S/C12H7BrO4/c13-8-2-3-10-9(5-8)12(16)7(6-17-10)1-4-11(14)15/h1-6H,(H,14,15)/b4-1+. The molecule has 5 heteroatoms. The minimum absolute atomic E-state index is 0.206. The first-order valence-electron chi connectivity index (χ1n) is 4.70. The molecule has 2 rings (SSSR count). The third kappa shape index (κ3) is 2.45. The molecule has 4 nitrogen and oxygen atoms in total. The van der Waals surface area contributed by atoms with Crippen LogP contribution in [0.15, 0.2) is 44.2 Å². The molecule has 86 valence electrons. The van der Waals surface area contributed by atoms with Crippen molar-refractivity contribution in [2.75, 3.05) is 0 Å². The van der Waals surface area contributed by atoms with Crippen molar-refractivity contribution in [2.45, 2.75) is 0 Å². The van der Waals surface area contributed by atoms with E-state index in [0.29, 0.717) is 11.0 Å². The van der Waals surface area contributed by atoms with Gasteiger partial charge in [-0.2, -0.15) is 0 Å². The van der Waals surface area contributed by atoms with Gasteiger partial charge in [0.15, 0.2) is 5.43 Å². The summed E-state index contributed by atoms with van der Waals surface area (Å²) in [7, 11) is 0. The maximum absolute atomic E-state index is 12.0. The minimum atomic E-state index is -1.11. The molecular weight excluding hydrogens is 288 g/mol. The molecule has 0 unspecified atom stereocenters. The molecule has 17 heavy (non-hydrogen) atoms. The normalized spacial score (nSPS) is 11.1. The number of fused-ring (bicyclic) bond motifs is 1. The van der Waals surface area contributed by atoms with Crippen LogP contribution >= 0.6 is 15.9 Å². The molecule has 0 atom stereocenters. The number of halogens is 1. The van der Waals surface area contributed by atoms with E-state index in [-0.39, 0.29) is 11.0 Å². The number of hydrogen-bond acceptors (Lipinski definition) is 3. The Morgan fingerprint density at radius 3 is 2.88 bits per heavy atom. The van der Waals surface area contributed by atoms with Crippen LogP contribution in [0.5, 0.6) is 0 Å². The maximum atomic E-state index is 12.0. The molecule has 1 N–H and O–H groups in total. The second kappa shape index (κ2) is 4.55. The van der Waals surface area contributed by atoms with E-state index in [0.717, 1.165) is 10.5 Å². The quantitative estimate of drug-likeness (QED) is 0.865. The Kier molecular flexibility index (Phi) is 3.10. The van der Waals surface area contributed by atoms with E-state index in [2.05, 4.69) is 15.9 Å². The van der Waals surface area contributed by atoms with E-state index in [9.17, 15) is 9.59 Å². The molecule has 0 bridgehead atoms. The van der Waals surface area contributed by atoms with Gasteiger partial charge in [0.2, 0.25) is 0 Å². The molecule has 0 aliphatic rings. The molecule has 0 aliphatic carbocycles. The minimum Gasteiger partial charge on any atom is -0.478 e. The lowest BCUT2D eigenvalue weighted by molar-refractivity contribution is -0.131. The molecule has 0 fully saturated rings. The van der Waals surface area contributed by atoms with Gasteiger partial charge in [-0.3, -0.25) is 4.79 Å². The Labute approximate surface area is 104 Å². The number of aliphatic carboxylic acids is 1. The number of rotatable bonds is 2. The molecule has 1 aromatic heterocycles. The summed E-state index contributed by atoms with van der Waals surface area (Å²) in [4.78, 5) is 22.3. The van der Waals surface area contributed by atoms with E-state index in [1.165, 1.54) is 12.3 Å². The maximum Gasteiger partial charge on any atom is 0.328 e. The van der Waals surface area contributed by atoms with Crippen LogP contribution in [0.2, 0.25) is 0 Å². The molecule has 2 aromatic rings. The van der Waals surface area contributed by atoms with Gasteiger partial charge in [-0.1, -0.05) is 15.9 Å². The van der Waals surface area contributed by atoms with Crippen LogP contribution in [0, 0.1) is 0 Å². The first kappa shape index (κ1) is 11.6. The van der Waals surface area contributed by atoms with Crippen molar-refractivity contribution in [3.63, 3.8) is 0 Å². The summed E-state index contributed by atoms with van der Waals surface area (Å²) >= 11 is 3.26. The van der Waals surface area contributed by atoms with E-state index >= 15 is 0 Å². The van der Waals surface area contributed by atoms with Gasteiger partial charge in [0.05, 0.1) is 10.9 Å². The van der Waals surface area contributed by atoms with Gasteiger partial charge >= 0.3 is 5.97 Å². The van der Waals surface area contributed by atoms with Crippen molar-refractivity contribution in [2.24, 2.45) is 0 Å². The zero-order valence-electron chi connectivity index (χ0n) is 8.51. The predicted molar refractivity (Wildman–Crippen MR) is 66.9 cm³/mol. The average molecular weight is 295 g/mol. The molecule has 0 aliphatic heterocycles. The molecule has 0 spiro atoms. The van der Waals surface area contributed by atoms with Gasteiger partial charge in [-0.25, -0.2) is 4.79 Å². The van der Waals surface area contributed by atoms with Crippen LogP contribution in [0.4, 0.5) is 0 Å². The average Bonchev–Trinajstić information content (AvgIpc) is 2.29. The van der Waals surface area contributed by atoms with Gasteiger partial charge in [0.25, 0.3) is 0 Å². The Morgan fingerprint density at radius 2 is 2.18 bits per heavy atom. The van der Waals surface area contributed by atoms with Crippen LogP contribution in [0.1, 0.15) is 5.56 Å². The van der Waals surface area contributed by atoms with Crippen LogP contribution in [0.3, 0.4) is 0 Å². The topological polar surface area (TPSA) is 67.5 Å². The van der Waals surface area contributed by atoms with E-state index in [1.807, 2.05) is 0 Å². The summed E-state index contributed by atoms with van der Waals surface area (Å²) in [6, 6.07) is 5.07. The number of carboxylic acids is 1. The Morgan fingerprint density at radius 1 is 1.41 bits per heavy atom. The van der Waals surface area contributed by atoms with Crippen molar-refractivity contribution in [3.05, 3.63) is 50.8 Å². The third-order valence-corrected chi connectivity index (χ3v) is 2.66. The predicted octanol–water partition coefficient (Wildman–Crippen LogP) is 2.65. The van der Waals surface area contributed by atoms with E-state index < -0.39 is 5.97 Å². The fourth-order valence-corrected chi connectivity index (χ4v) is 1.76. The summed E-state index contributed by atoms with van der Waals surface area (Å²) in [5, 5.41) is 8.91. The van der Waals surface area contributed by atoms with E-state index in [1.54, 1.807) is 18.2 Å². The fourth-order valence-electron chi connectivity index (χ4n) is 1.39. The molecule has 0 amide bonds. The summed E-state index contributed by atoms with van der Waals surface area (Å²) in [6.07, 6.45) is 3.36. The summed E-state index contributed by atoms with van der Waals surface area (Å²) in [5.74, 6) is -1.11. The van der Waals surface area contributed by atoms with Gasteiger partial charge in [-0.05, 0) is 24.3 Å². The molecule has 0 saturated carbocycles. The van der Waals surface area contributed by atoms with Gasteiger partial charge in [0, 0.05) is 10.5 Å². The smallest absolute Gasteiger partial charge is 0.328 e. The second-order valence-corrected chi connectivity index (χ2v) is 4.25. The Hall–Kier alpha value is -1.88. The van der Waals surface area contributed by atoms with Crippen molar-refractivity contribution >= 4 is 38.9 Å². The summed E-state index contributed by atoms with van der Waals surface area (Å²) < 4.78 is 6.01. The SMILES string of the molecule is O=C(O)/C=C/c1coc2ccc(Br)cc2c1=O. The highest BCUT2D eigenvalue weighted by molar-refractivity contribution is 9.10. The number of hydrogen-bond donors (Lipinski definition) is 1. The van der Waals surface area contributed by atoms with Crippen LogP contribution in [0.25, 0.3) is 17.0 Å². The largest absolute Gasteiger partial charge is 0.478 e. The van der Waals surface area contributed by atoms with Gasteiger partial charge in [-0.15, -0.1) is 0 Å². The Bertz CT molecular complexity index is 670. The second-order valence-electron chi connectivity index (χ2n) is 3.33. The monoisotopic (exact) mass is 294 g/mol. The summed E-state index contributed by atoms with van der Waals surface area (Å²) in [5.41, 5.74) is 0.411. The first-order valence-corrected chi connectivity index (χ1v) is 5.49. The zero-order valence-corrected chi connectivity index (χ0v) is 10.1. The molecule has 1 aromatic carbocycles. The number of carbonyl (C=O) groups is 1. The summed E-state index contributed by atoms with van der Waals surface area (Å²) in [6.45, 7) is 0. The highest BCUT2D eigenvalue weighted by Crippen LogP contribution is 2.17. The lowest BCUT2D eigenvalue weighted by atomic mass is 10.1. The highest BCUT2D eigenvalue weighted by atomic mass is 79.9. The van der Waals surface area contributed by atoms with Crippen molar-refractivity contribution < 1.29 is 14.3 Å². The van der Waals surface area contributed by atoms with Crippen LogP contribution in [-0.2, 0) is 4.79 Å². The van der Waals surface area contributed by atoms with Crippen molar-refractivity contribution in [1.29, 1.82) is 0 Å². The van der Waals surface area contributed by atoms with Crippen molar-refractivity contribution in [1.82, 2.24) is 0 Å². The van der Waals surface area contributed by atoms with Gasteiger partial charge in [0.1, 0.15) is 11.8 Å². The molecule has 1 heterocycles. The lowest BCUT2D eigenvalue weighted by Crippen LogP contribution is -2.05. The van der Waals surface area contributed by atoms with E-state index in [4.69, 9.17) is 9.52 Å². The third-order valence-electron chi connectivity index (χ3n) is 2.17. The zero-order chi connectivity index (χ0) is 12.4. The number of benzene rings is 1. The highest BCUT2D eigenvalue weighted by Gasteiger charge is 2.05. The first-order chi connectivity index (χ1) is 8.08. The van der Waals surface area contributed by atoms with Crippen molar-refractivity contribution in [3.8, 4) is 0 Å². The molecular formula is C12H7BrO4. The molecule has 0 saturated heterocycles. The lowest BCUT2D eigenvalue weighted by Gasteiger charge is -1.98. The molecule has 0 radical (unpaired) electrons. The van der Waals surface area contributed by atoms with Crippen LogP contribution < -0.4 is 5.43 Å². The number of carboxylic acid groups (broad SMARTS) is 1. The van der Waals surface area contributed by atoms with Gasteiger partial charge < -0.3 is 9.52 Å². The fraction of sp³-hybridized carbons (Fsp3) is 0. The van der Waals surface area contributed by atoms with Crippen LogP contribution in [-0.4, -0.2) is 11.1 Å².